The van der Waals surface area contributed by atoms with Crippen LogP contribution < -0.4 is 0 Å². The molecule has 0 fully saturated rings. The largest absolute Gasteiger partial charge is 0.499 e. The predicted molar refractivity (Wildman–Crippen MR) is 110 cm³/mol. The van der Waals surface area contributed by atoms with Gasteiger partial charge >= 0.3 is 0 Å². The number of allylic oxidation sites excluding steroid dienone is 1. The molecule has 0 aromatic carbocycles. The number of hydrogen-bond acceptors (Lipinski definition) is 1. The van der Waals surface area contributed by atoms with Gasteiger partial charge in [-0.2, -0.15) is 0 Å². The molecule has 0 radical (unpaired) electrons. The molecular weight excluding hydrogens is 292 g/mol. The number of rotatable bonds is 20. The summed E-state index contributed by atoms with van der Waals surface area (Å²) in [5.41, 5.74) is 0. The first kappa shape index (κ1) is 23.5. The number of unbranched alkanes of at least 4 members (excludes halogenated alkanes) is 15. The molecule has 0 N–H and O–H groups in total. The molecule has 0 aliphatic rings. The summed E-state index contributed by atoms with van der Waals surface area (Å²) in [6, 6.07) is 0. The topological polar surface area (TPSA) is 9.23 Å². The van der Waals surface area contributed by atoms with Crippen LogP contribution in [0.15, 0.2) is 12.3 Å². The lowest BCUT2D eigenvalue weighted by molar-refractivity contribution is 0.197. The van der Waals surface area contributed by atoms with E-state index in [1.807, 2.05) is 0 Å². The quantitative estimate of drug-likeness (QED) is 0.159. The Kier molecular flexibility index (Phi) is 20.2. The molecule has 1 heteroatoms. The van der Waals surface area contributed by atoms with E-state index >= 15 is 0 Å². The van der Waals surface area contributed by atoms with Crippen LogP contribution >= 0.6 is 0 Å². The molecule has 0 atom stereocenters. The minimum absolute atomic E-state index is 0.855. The van der Waals surface area contributed by atoms with Crippen LogP contribution in [0.4, 0.5) is 0 Å². The van der Waals surface area contributed by atoms with Gasteiger partial charge in [-0.15, -0.1) is 0 Å². The summed E-state index contributed by atoms with van der Waals surface area (Å²) in [5.74, 6) is 0.998. The van der Waals surface area contributed by atoms with Gasteiger partial charge < -0.3 is 4.74 Å². The maximum atomic E-state index is 5.61. The van der Waals surface area contributed by atoms with E-state index in [0.29, 0.717) is 0 Å². The van der Waals surface area contributed by atoms with Gasteiger partial charge in [-0.05, 0) is 12.8 Å². The monoisotopic (exact) mass is 338 g/mol. The molecule has 0 spiro atoms. The molecule has 0 amide bonds. The minimum atomic E-state index is 0.855. The second-order valence-electron chi connectivity index (χ2n) is 7.44. The molecule has 0 aliphatic heterocycles. The van der Waals surface area contributed by atoms with Gasteiger partial charge in [0.1, 0.15) is 0 Å². The van der Waals surface area contributed by atoms with E-state index < -0.39 is 0 Å². The van der Waals surface area contributed by atoms with Crippen molar-refractivity contribution < 1.29 is 4.74 Å². The Bertz CT molecular complexity index is 246. The van der Waals surface area contributed by atoms with Crippen molar-refractivity contribution in [3.05, 3.63) is 12.3 Å². The highest BCUT2D eigenvalue weighted by Crippen LogP contribution is 2.15. The van der Waals surface area contributed by atoms with Crippen molar-refractivity contribution in [2.24, 2.45) is 0 Å². The van der Waals surface area contributed by atoms with Crippen molar-refractivity contribution in [1.29, 1.82) is 0 Å². The molecule has 1 nitrogen and oxygen atoms in total. The first-order valence-electron chi connectivity index (χ1n) is 11.1. The zero-order valence-corrected chi connectivity index (χ0v) is 17.1. The zero-order chi connectivity index (χ0) is 17.7. The normalized spacial score (nSPS) is 10.9. The van der Waals surface area contributed by atoms with Crippen molar-refractivity contribution in [2.75, 3.05) is 6.61 Å². The Labute approximate surface area is 153 Å². The molecule has 0 aliphatic carbocycles. The maximum Gasteiger partial charge on any atom is 0.0888 e. The van der Waals surface area contributed by atoms with Gasteiger partial charge in [0.15, 0.2) is 0 Å². The fourth-order valence-corrected chi connectivity index (χ4v) is 3.13. The van der Waals surface area contributed by atoms with E-state index in [1.165, 1.54) is 103 Å². The van der Waals surface area contributed by atoms with Gasteiger partial charge in [0.25, 0.3) is 0 Å². The lowest BCUT2D eigenvalue weighted by Crippen LogP contribution is -1.94. The van der Waals surface area contributed by atoms with Crippen LogP contribution in [0, 0.1) is 0 Å². The van der Waals surface area contributed by atoms with Crippen LogP contribution in [-0.4, -0.2) is 6.61 Å². The molecule has 0 rings (SSSR count). The summed E-state index contributed by atoms with van der Waals surface area (Å²) in [4.78, 5) is 0. The molecule has 0 aromatic rings. The highest BCUT2D eigenvalue weighted by molar-refractivity contribution is 4.81. The molecule has 24 heavy (non-hydrogen) atoms. The summed E-state index contributed by atoms with van der Waals surface area (Å²) in [6.45, 7) is 9.35. The summed E-state index contributed by atoms with van der Waals surface area (Å²) >= 11 is 0. The van der Waals surface area contributed by atoms with E-state index in [9.17, 15) is 0 Å². The Morgan fingerprint density at radius 2 is 0.917 bits per heavy atom. The second-order valence-corrected chi connectivity index (χ2v) is 7.44. The molecule has 0 heterocycles. The van der Waals surface area contributed by atoms with E-state index in [0.717, 1.165) is 25.2 Å². The maximum absolute atomic E-state index is 5.61. The van der Waals surface area contributed by atoms with Gasteiger partial charge in [0, 0.05) is 6.42 Å². The molecule has 0 aromatic heterocycles. The van der Waals surface area contributed by atoms with Crippen LogP contribution in [0.1, 0.15) is 129 Å². The molecule has 0 unspecified atom stereocenters. The fraction of sp³-hybridized carbons (Fsp3) is 0.913. The average Bonchev–Trinajstić information content (AvgIpc) is 2.58. The van der Waals surface area contributed by atoms with Gasteiger partial charge in [-0.3, -0.25) is 0 Å². The summed E-state index contributed by atoms with van der Waals surface area (Å²) in [6.07, 6.45) is 24.7. The van der Waals surface area contributed by atoms with Crippen LogP contribution in [-0.2, 0) is 4.74 Å². The zero-order valence-electron chi connectivity index (χ0n) is 17.1. The van der Waals surface area contributed by atoms with Crippen molar-refractivity contribution in [3.63, 3.8) is 0 Å². The van der Waals surface area contributed by atoms with Crippen LogP contribution in [0.5, 0.6) is 0 Å². The van der Waals surface area contributed by atoms with E-state index in [1.54, 1.807) is 0 Å². The molecule has 0 bridgehead atoms. The number of hydrogen-bond donors (Lipinski definition) is 0. The smallest absolute Gasteiger partial charge is 0.0888 e. The van der Waals surface area contributed by atoms with Gasteiger partial charge in [-0.25, -0.2) is 0 Å². The summed E-state index contributed by atoms with van der Waals surface area (Å²) < 4.78 is 5.61. The van der Waals surface area contributed by atoms with Crippen molar-refractivity contribution in [2.45, 2.75) is 129 Å². The standard InChI is InChI=1S/C23H46O/c1-4-6-8-9-10-11-12-13-14-15-16-17-18-19-20-21-23(3)24-22-7-5-2/h3-22H2,1-2H3. The first-order chi connectivity index (χ1) is 11.8. The van der Waals surface area contributed by atoms with Gasteiger partial charge in [0.2, 0.25) is 0 Å². The average molecular weight is 339 g/mol. The molecule has 144 valence electrons. The van der Waals surface area contributed by atoms with Crippen molar-refractivity contribution in [3.8, 4) is 0 Å². The van der Waals surface area contributed by atoms with Crippen LogP contribution in [0.3, 0.4) is 0 Å². The third kappa shape index (κ3) is 19.6. The lowest BCUT2D eigenvalue weighted by atomic mass is 10.0. The van der Waals surface area contributed by atoms with Crippen molar-refractivity contribution >= 4 is 0 Å². The third-order valence-corrected chi connectivity index (χ3v) is 4.86. The predicted octanol–water partition coefficient (Wildman–Crippen LogP) is 8.58. The Morgan fingerprint density at radius 3 is 1.33 bits per heavy atom. The summed E-state index contributed by atoms with van der Waals surface area (Å²) in [7, 11) is 0. The SMILES string of the molecule is C=C(CCCCCCCCCCCCCCCCC)OCCCC. The minimum Gasteiger partial charge on any atom is -0.499 e. The molecule has 0 saturated carbocycles. The van der Waals surface area contributed by atoms with E-state index in [2.05, 4.69) is 20.4 Å². The first-order valence-corrected chi connectivity index (χ1v) is 11.1. The Morgan fingerprint density at radius 1 is 0.542 bits per heavy atom. The Hall–Kier alpha value is -0.460. The number of ether oxygens (including phenoxy) is 1. The van der Waals surface area contributed by atoms with Gasteiger partial charge in [-0.1, -0.05) is 117 Å². The van der Waals surface area contributed by atoms with Crippen LogP contribution in [0.25, 0.3) is 0 Å². The van der Waals surface area contributed by atoms with Crippen molar-refractivity contribution in [1.82, 2.24) is 0 Å². The molecule has 0 saturated heterocycles. The highest BCUT2D eigenvalue weighted by atomic mass is 16.5. The third-order valence-electron chi connectivity index (χ3n) is 4.86. The van der Waals surface area contributed by atoms with Gasteiger partial charge in [0.05, 0.1) is 12.4 Å². The van der Waals surface area contributed by atoms with E-state index in [-0.39, 0.29) is 0 Å². The Balaban J connectivity index is 3.06. The highest BCUT2D eigenvalue weighted by Gasteiger charge is 1.97. The van der Waals surface area contributed by atoms with Crippen LogP contribution in [0.2, 0.25) is 0 Å². The second kappa shape index (κ2) is 20.6. The lowest BCUT2D eigenvalue weighted by Gasteiger charge is -2.08. The molecular formula is C23H46O. The summed E-state index contributed by atoms with van der Waals surface area (Å²) in [5, 5.41) is 0. The van der Waals surface area contributed by atoms with E-state index in [4.69, 9.17) is 4.74 Å². The fourth-order valence-electron chi connectivity index (χ4n) is 3.13.